The Morgan fingerprint density at radius 1 is 1.21 bits per heavy atom. The number of aliphatic hydroxyl groups is 4. The highest BCUT2D eigenvalue weighted by atomic mass is 79.9. The van der Waals surface area contributed by atoms with Gasteiger partial charge in [-0.05, 0) is 44.1 Å². The van der Waals surface area contributed by atoms with E-state index in [-0.39, 0.29) is 11.3 Å². The van der Waals surface area contributed by atoms with Crippen LogP contribution in [-0.4, -0.2) is 79.1 Å². The molecule has 0 aromatic heterocycles. The van der Waals surface area contributed by atoms with Crippen LogP contribution in [0.15, 0.2) is 39.3 Å². The summed E-state index contributed by atoms with van der Waals surface area (Å²) in [7, 11) is 1.58. The number of phenolic OH excluding ortho intramolecular Hbond substituents is 1. The molecule has 0 heterocycles. The number of carbonyl (C=O) groups is 3. The standard InChI is InChI=1S/C24H26BrNO8/c1-5-26(4)18-17-20(30)13-8(2)12-10(25)6-7-11(28)15(12)19(29)16(13)23(33)24(17,34)22(32)14(9(3)27)21(18)31/h6-8,13,17-18,20,28,30-31,33-34H,5H2,1-4H3/t8?,13?,17?,18-,20?,24+/m0/s1. The summed E-state index contributed by atoms with van der Waals surface area (Å²) in [6, 6.07) is 1.67. The maximum atomic E-state index is 13.5. The molecule has 6 atom stereocenters. The van der Waals surface area contributed by atoms with Crippen LogP contribution in [0.2, 0.25) is 0 Å². The number of aromatic hydroxyl groups is 1. The van der Waals surface area contributed by atoms with Gasteiger partial charge in [-0.1, -0.05) is 29.8 Å². The van der Waals surface area contributed by atoms with E-state index in [4.69, 9.17) is 0 Å². The maximum absolute atomic E-state index is 13.5. The van der Waals surface area contributed by atoms with E-state index in [1.165, 1.54) is 6.07 Å². The SMILES string of the molecule is CCN(C)[C@@H]1C(O)=C(C(C)=O)C(=O)[C@@]2(O)C(O)=C3C(=O)c4c(O)ccc(Br)c4C(C)C3C(O)C12. The summed E-state index contributed by atoms with van der Waals surface area (Å²) < 4.78 is 0.510. The van der Waals surface area contributed by atoms with Crippen LogP contribution < -0.4 is 0 Å². The number of carbonyl (C=O) groups excluding carboxylic acids is 3. The molecule has 0 fully saturated rings. The molecule has 0 saturated heterocycles. The lowest BCUT2D eigenvalue weighted by Crippen LogP contribution is -2.68. The molecule has 0 saturated carbocycles. The van der Waals surface area contributed by atoms with E-state index in [2.05, 4.69) is 15.9 Å². The summed E-state index contributed by atoms with van der Waals surface area (Å²) in [5.74, 6) is -8.03. The molecule has 0 amide bonds. The number of aliphatic hydroxyl groups excluding tert-OH is 3. The predicted octanol–water partition coefficient (Wildman–Crippen LogP) is 1.91. The van der Waals surface area contributed by atoms with Gasteiger partial charge in [0.1, 0.15) is 22.8 Å². The van der Waals surface area contributed by atoms with Crippen molar-refractivity contribution in [3.8, 4) is 5.75 Å². The molecule has 182 valence electrons. The van der Waals surface area contributed by atoms with Crippen LogP contribution in [0.3, 0.4) is 0 Å². The topological polar surface area (TPSA) is 156 Å². The molecule has 0 bridgehead atoms. The minimum absolute atomic E-state index is 0.107. The summed E-state index contributed by atoms with van der Waals surface area (Å²) in [5, 5.41) is 56.0. The van der Waals surface area contributed by atoms with Crippen molar-refractivity contribution in [3.63, 3.8) is 0 Å². The summed E-state index contributed by atoms with van der Waals surface area (Å²) in [4.78, 5) is 40.8. The first-order chi connectivity index (χ1) is 15.8. The molecule has 10 heteroatoms. The van der Waals surface area contributed by atoms with E-state index in [1.54, 1.807) is 31.9 Å². The third-order valence-corrected chi connectivity index (χ3v) is 8.27. The Bertz CT molecular complexity index is 1200. The lowest BCUT2D eigenvalue weighted by molar-refractivity contribution is -0.162. The summed E-state index contributed by atoms with van der Waals surface area (Å²) in [6.07, 6.45) is -1.57. The normalized spacial score (nSPS) is 33.1. The molecule has 3 aliphatic carbocycles. The van der Waals surface area contributed by atoms with E-state index in [1.807, 2.05) is 0 Å². The average Bonchev–Trinajstić information content (AvgIpc) is 2.77. The van der Waals surface area contributed by atoms with Crippen molar-refractivity contribution in [2.45, 2.75) is 44.4 Å². The number of Topliss-reactive ketones (excluding diaryl/α,β-unsaturated/α-hetero) is 3. The van der Waals surface area contributed by atoms with Crippen LogP contribution in [-0.2, 0) is 9.59 Å². The van der Waals surface area contributed by atoms with Gasteiger partial charge in [0.05, 0.1) is 23.6 Å². The van der Waals surface area contributed by atoms with Gasteiger partial charge in [0.2, 0.25) is 5.78 Å². The van der Waals surface area contributed by atoms with E-state index >= 15 is 0 Å². The lowest BCUT2D eigenvalue weighted by Gasteiger charge is -2.54. The van der Waals surface area contributed by atoms with Crippen molar-refractivity contribution < 1.29 is 39.9 Å². The second kappa shape index (κ2) is 8.01. The molecule has 4 unspecified atom stereocenters. The number of phenols is 1. The number of likely N-dealkylation sites (N-methyl/N-ethyl adjacent to an activating group) is 1. The highest BCUT2D eigenvalue weighted by Gasteiger charge is 2.67. The number of halogens is 1. The Balaban J connectivity index is 2.07. The second-order valence-electron chi connectivity index (χ2n) is 9.21. The van der Waals surface area contributed by atoms with Crippen LogP contribution in [0.25, 0.3) is 0 Å². The van der Waals surface area contributed by atoms with Gasteiger partial charge in [-0.25, -0.2) is 0 Å². The summed E-state index contributed by atoms with van der Waals surface area (Å²) in [5.41, 5.74) is -3.60. The Morgan fingerprint density at radius 3 is 2.38 bits per heavy atom. The Kier molecular flexibility index (Phi) is 5.79. The van der Waals surface area contributed by atoms with Gasteiger partial charge >= 0.3 is 0 Å². The molecule has 0 radical (unpaired) electrons. The Morgan fingerprint density at radius 2 is 1.82 bits per heavy atom. The number of rotatable bonds is 3. The zero-order chi connectivity index (χ0) is 25.4. The number of benzene rings is 1. The molecule has 3 aliphatic rings. The summed E-state index contributed by atoms with van der Waals surface area (Å²) >= 11 is 3.38. The summed E-state index contributed by atoms with van der Waals surface area (Å²) in [6.45, 7) is 4.80. The van der Waals surface area contributed by atoms with E-state index < -0.39 is 75.5 Å². The molecular formula is C24H26BrNO8. The number of hydrogen-bond donors (Lipinski definition) is 5. The number of ketones is 3. The molecule has 0 aliphatic heterocycles. The molecule has 34 heavy (non-hydrogen) atoms. The number of nitrogens with zero attached hydrogens (tertiary/aromatic N) is 1. The van der Waals surface area contributed by atoms with Crippen molar-refractivity contribution >= 4 is 33.3 Å². The molecule has 0 spiro atoms. The number of fused-ring (bicyclic) bond motifs is 3. The fourth-order valence-corrected chi connectivity index (χ4v) is 6.56. The fraction of sp³-hybridized carbons (Fsp3) is 0.458. The van der Waals surface area contributed by atoms with Gasteiger partial charge in [-0.15, -0.1) is 0 Å². The first-order valence-corrected chi connectivity index (χ1v) is 11.7. The Hall–Kier alpha value is -2.53. The quantitative estimate of drug-likeness (QED) is 0.364. The highest BCUT2D eigenvalue weighted by Crippen LogP contribution is 2.56. The first-order valence-electron chi connectivity index (χ1n) is 10.9. The number of hydrogen-bond acceptors (Lipinski definition) is 9. The van der Waals surface area contributed by atoms with E-state index in [0.717, 1.165) is 6.92 Å². The van der Waals surface area contributed by atoms with Gasteiger partial charge in [0.25, 0.3) is 0 Å². The zero-order valence-corrected chi connectivity index (χ0v) is 20.6. The fourth-order valence-electron chi connectivity index (χ4n) is 5.87. The monoisotopic (exact) mass is 535 g/mol. The molecule has 1 aromatic carbocycles. The first kappa shape index (κ1) is 24.6. The third kappa shape index (κ3) is 2.92. The highest BCUT2D eigenvalue weighted by molar-refractivity contribution is 9.10. The molecule has 1 aromatic rings. The third-order valence-electron chi connectivity index (χ3n) is 7.58. The molecule has 4 rings (SSSR count). The second-order valence-corrected chi connectivity index (χ2v) is 10.1. The van der Waals surface area contributed by atoms with E-state index in [9.17, 15) is 39.9 Å². The van der Waals surface area contributed by atoms with Gasteiger partial charge in [0, 0.05) is 16.0 Å². The average molecular weight is 536 g/mol. The minimum atomic E-state index is -2.83. The van der Waals surface area contributed by atoms with Gasteiger partial charge in [0.15, 0.2) is 17.2 Å². The molecular weight excluding hydrogens is 510 g/mol. The maximum Gasteiger partial charge on any atom is 0.209 e. The van der Waals surface area contributed by atoms with Crippen LogP contribution in [0, 0.1) is 11.8 Å². The predicted molar refractivity (Wildman–Crippen MR) is 124 cm³/mol. The smallest absolute Gasteiger partial charge is 0.209 e. The van der Waals surface area contributed by atoms with Crippen LogP contribution in [0.5, 0.6) is 5.75 Å². The minimum Gasteiger partial charge on any atom is -0.510 e. The van der Waals surface area contributed by atoms with Crippen LogP contribution >= 0.6 is 15.9 Å². The largest absolute Gasteiger partial charge is 0.510 e. The van der Waals surface area contributed by atoms with Crippen molar-refractivity contribution in [2.75, 3.05) is 13.6 Å². The zero-order valence-electron chi connectivity index (χ0n) is 19.0. The van der Waals surface area contributed by atoms with Crippen molar-refractivity contribution in [1.82, 2.24) is 4.90 Å². The van der Waals surface area contributed by atoms with Gasteiger partial charge < -0.3 is 25.5 Å². The lowest BCUT2D eigenvalue weighted by atomic mass is 9.55. The van der Waals surface area contributed by atoms with Crippen molar-refractivity contribution in [2.24, 2.45) is 11.8 Å². The van der Waals surface area contributed by atoms with Crippen molar-refractivity contribution in [1.29, 1.82) is 0 Å². The van der Waals surface area contributed by atoms with E-state index in [0.29, 0.717) is 16.6 Å². The van der Waals surface area contributed by atoms with Gasteiger partial charge in [-0.2, -0.15) is 0 Å². The molecule has 9 nitrogen and oxygen atoms in total. The van der Waals surface area contributed by atoms with Crippen molar-refractivity contribution in [3.05, 3.63) is 50.4 Å². The van der Waals surface area contributed by atoms with Gasteiger partial charge in [-0.3, -0.25) is 19.3 Å². The van der Waals surface area contributed by atoms with Crippen LogP contribution in [0.4, 0.5) is 0 Å². The Labute approximate surface area is 204 Å². The molecule has 5 N–H and O–H groups in total. The van der Waals surface area contributed by atoms with Crippen LogP contribution in [0.1, 0.15) is 42.6 Å².